The van der Waals surface area contributed by atoms with Gasteiger partial charge in [0.05, 0.1) is 11.9 Å². The molecule has 2 aromatic heterocycles. The van der Waals surface area contributed by atoms with E-state index in [0.717, 1.165) is 4.68 Å². The number of nitrogens with one attached hydrogen (secondary N) is 2. The zero-order chi connectivity index (χ0) is 12.6. The molecule has 2 aromatic rings. The lowest BCUT2D eigenvalue weighted by Gasteiger charge is -2.06. The molecule has 0 saturated carbocycles. The third kappa shape index (κ3) is 2.10. The molecule has 0 aromatic carbocycles. The summed E-state index contributed by atoms with van der Waals surface area (Å²) in [6, 6.07) is 0. The molecule has 0 atom stereocenters. The van der Waals surface area contributed by atoms with Gasteiger partial charge in [-0.2, -0.15) is 13.5 Å². The Bertz CT molecular complexity index is 626. The van der Waals surface area contributed by atoms with E-state index >= 15 is 0 Å². The monoisotopic (exact) mass is 321 g/mol. The number of hydrogen-bond donors (Lipinski definition) is 3. The number of aryl methyl sites for hydroxylation is 1. The van der Waals surface area contributed by atoms with E-state index in [9.17, 15) is 8.42 Å². The molecule has 9 nitrogen and oxygen atoms in total. The van der Waals surface area contributed by atoms with Crippen LogP contribution in [-0.4, -0.2) is 33.6 Å². The van der Waals surface area contributed by atoms with Gasteiger partial charge in [-0.05, 0) is 15.9 Å². The fourth-order valence-electron chi connectivity index (χ4n) is 1.17. The van der Waals surface area contributed by atoms with Crippen LogP contribution in [0.4, 0.5) is 11.5 Å². The highest BCUT2D eigenvalue weighted by Gasteiger charge is 2.25. The maximum atomic E-state index is 12.0. The molecule has 2 rings (SSSR count). The number of nitrogen functional groups attached to an aromatic ring is 1. The van der Waals surface area contributed by atoms with Crippen LogP contribution >= 0.6 is 15.9 Å². The Balaban J connectivity index is 2.42. The van der Waals surface area contributed by atoms with Crippen LogP contribution in [0.25, 0.3) is 0 Å². The number of nitrogens with zero attached hydrogens (tertiary/aromatic N) is 4. The van der Waals surface area contributed by atoms with E-state index in [1.807, 2.05) is 0 Å². The highest BCUT2D eigenvalue weighted by molar-refractivity contribution is 9.10. The van der Waals surface area contributed by atoms with Crippen LogP contribution in [0, 0.1) is 0 Å². The summed E-state index contributed by atoms with van der Waals surface area (Å²) in [6.45, 7) is 0. The van der Waals surface area contributed by atoms with Gasteiger partial charge in [-0.15, -0.1) is 5.10 Å². The molecule has 11 heteroatoms. The first-order valence-corrected chi connectivity index (χ1v) is 6.56. The van der Waals surface area contributed by atoms with Crippen molar-refractivity contribution in [2.24, 2.45) is 7.05 Å². The first-order chi connectivity index (χ1) is 7.92. The van der Waals surface area contributed by atoms with E-state index in [1.165, 1.54) is 13.2 Å². The largest absolute Gasteiger partial charge is 0.394 e. The molecule has 2 heterocycles. The number of H-pyrrole nitrogens is 1. The molecule has 0 aliphatic heterocycles. The topological polar surface area (TPSA) is 132 Å². The van der Waals surface area contributed by atoms with E-state index < -0.39 is 10.0 Å². The summed E-state index contributed by atoms with van der Waals surface area (Å²) < 4.78 is 27.5. The van der Waals surface area contributed by atoms with E-state index in [0.29, 0.717) is 0 Å². The number of rotatable bonds is 3. The van der Waals surface area contributed by atoms with Crippen molar-refractivity contribution in [3.05, 3.63) is 10.8 Å². The van der Waals surface area contributed by atoms with Gasteiger partial charge in [0.2, 0.25) is 5.03 Å². The Morgan fingerprint density at radius 2 is 2.29 bits per heavy atom. The average molecular weight is 322 g/mol. The minimum absolute atomic E-state index is 0.0955. The lowest BCUT2D eigenvalue weighted by atomic mass is 10.6. The fourth-order valence-corrected chi connectivity index (χ4v) is 3.31. The Morgan fingerprint density at radius 1 is 1.59 bits per heavy atom. The van der Waals surface area contributed by atoms with Crippen molar-refractivity contribution in [3.8, 4) is 0 Å². The molecule has 0 unspecified atom stereocenters. The highest BCUT2D eigenvalue weighted by atomic mass is 79.9. The van der Waals surface area contributed by atoms with Crippen LogP contribution in [0.15, 0.2) is 15.8 Å². The molecule has 17 heavy (non-hydrogen) atoms. The first-order valence-electron chi connectivity index (χ1n) is 4.28. The van der Waals surface area contributed by atoms with Crippen LogP contribution in [0.5, 0.6) is 0 Å². The summed E-state index contributed by atoms with van der Waals surface area (Å²) in [5.74, 6) is 0.0955. The summed E-state index contributed by atoms with van der Waals surface area (Å²) >= 11 is 3.00. The van der Waals surface area contributed by atoms with Crippen molar-refractivity contribution in [2.45, 2.75) is 5.03 Å². The smallest absolute Gasteiger partial charge is 0.283 e. The quantitative estimate of drug-likeness (QED) is 0.710. The molecule has 0 spiro atoms. The van der Waals surface area contributed by atoms with Crippen molar-refractivity contribution in [3.63, 3.8) is 0 Å². The van der Waals surface area contributed by atoms with Crippen molar-refractivity contribution >= 4 is 37.5 Å². The number of nitrogens with two attached hydrogens (primary N) is 1. The molecule has 0 fully saturated rings. The second kappa shape index (κ2) is 4.00. The van der Waals surface area contributed by atoms with Gasteiger partial charge in [0, 0.05) is 7.05 Å². The van der Waals surface area contributed by atoms with E-state index in [-0.39, 0.29) is 21.1 Å². The first kappa shape index (κ1) is 11.9. The zero-order valence-electron chi connectivity index (χ0n) is 8.55. The molecule has 0 bridgehead atoms. The SMILES string of the molecule is Cn1nnc(Br)c1S(=O)(=O)Nc1[nH]ncc1N. The molecular weight excluding hydrogens is 314 g/mol. The van der Waals surface area contributed by atoms with E-state index in [2.05, 4.69) is 41.2 Å². The maximum absolute atomic E-state index is 12.0. The lowest BCUT2D eigenvalue weighted by molar-refractivity contribution is 0.578. The Hall–Kier alpha value is -1.62. The van der Waals surface area contributed by atoms with Crippen molar-refractivity contribution in [2.75, 3.05) is 10.5 Å². The van der Waals surface area contributed by atoms with Crippen molar-refractivity contribution in [1.29, 1.82) is 0 Å². The Kier molecular flexibility index (Phi) is 2.79. The molecule has 0 aliphatic rings. The number of aromatic nitrogens is 5. The van der Waals surface area contributed by atoms with Crippen molar-refractivity contribution < 1.29 is 8.42 Å². The minimum atomic E-state index is -3.83. The predicted molar refractivity (Wildman–Crippen MR) is 62.5 cm³/mol. The summed E-state index contributed by atoms with van der Waals surface area (Å²) in [7, 11) is -2.37. The second-order valence-electron chi connectivity index (χ2n) is 3.11. The van der Waals surface area contributed by atoms with Gasteiger partial charge in [0.15, 0.2) is 10.4 Å². The van der Waals surface area contributed by atoms with E-state index in [1.54, 1.807) is 0 Å². The normalized spacial score (nSPS) is 11.6. The highest BCUT2D eigenvalue weighted by Crippen LogP contribution is 2.22. The number of anilines is 2. The van der Waals surface area contributed by atoms with Crippen LogP contribution in [0.1, 0.15) is 0 Å². The molecule has 0 saturated heterocycles. The van der Waals surface area contributed by atoms with Crippen LogP contribution in [0.3, 0.4) is 0 Å². The number of hydrogen-bond acceptors (Lipinski definition) is 6. The molecule has 0 aliphatic carbocycles. The molecule has 4 N–H and O–H groups in total. The molecule has 92 valence electrons. The van der Waals surface area contributed by atoms with Gasteiger partial charge >= 0.3 is 0 Å². The summed E-state index contributed by atoms with van der Waals surface area (Å²) in [6.07, 6.45) is 1.30. The standard InChI is InChI=1S/C6H8BrN7O2S/c1-14-6(4(7)10-13-14)17(15,16)12-5-3(8)2-9-11-5/h2H,8H2,1H3,(H2,9,11,12). The third-order valence-electron chi connectivity index (χ3n) is 1.90. The Labute approximate surface area is 105 Å². The molecule has 0 amide bonds. The van der Waals surface area contributed by atoms with Crippen molar-refractivity contribution in [1.82, 2.24) is 25.2 Å². The van der Waals surface area contributed by atoms with Gasteiger partial charge < -0.3 is 5.73 Å². The fraction of sp³-hybridized carbons (Fsp3) is 0.167. The lowest BCUT2D eigenvalue weighted by Crippen LogP contribution is -2.18. The van der Waals surface area contributed by atoms with Gasteiger partial charge in [-0.25, -0.2) is 4.68 Å². The number of halogens is 1. The minimum Gasteiger partial charge on any atom is -0.394 e. The van der Waals surface area contributed by atoms with Gasteiger partial charge in [-0.3, -0.25) is 9.82 Å². The summed E-state index contributed by atoms with van der Waals surface area (Å²) in [5.41, 5.74) is 5.70. The number of aromatic amines is 1. The van der Waals surface area contributed by atoms with Gasteiger partial charge in [0.1, 0.15) is 0 Å². The number of sulfonamides is 1. The van der Waals surface area contributed by atoms with Gasteiger partial charge in [0.25, 0.3) is 10.0 Å². The Morgan fingerprint density at radius 3 is 2.76 bits per heavy atom. The van der Waals surface area contributed by atoms with Crippen LogP contribution in [-0.2, 0) is 17.1 Å². The van der Waals surface area contributed by atoms with Gasteiger partial charge in [-0.1, -0.05) is 5.21 Å². The second-order valence-corrected chi connectivity index (χ2v) is 5.46. The molecule has 0 radical (unpaired) electrons. The van der Waals surface area contributed by atoms with E-state index in [4.69, 9.17) is 5.73 Å². The maximum Gasteiger partial charge on any atom is 0.283 e. The zero-order valence-corrected chi connectivity index (χ0v) is 10.9. The predicted octanol–water partition coefficient (Wildman–Crippen LogP) is -0.316. The molecular formula is C6H8BrN7O2S. The summed E-state index contributed by atoms with van der Waals surface area (Å²) in [4.78, 5) is 0. The average Bonchev–Trinajstić information content (AvgIpc) is 2.74. The third-order valence-corrected chi connectivity index (χ3v) is 4.13. The summed E-state index contributed by atoms with van der Waals surface area (Å²) in [5, 5.41) is 13.1. The van der Waals surface area contributed by atoms with Crippen LogP contribution < -0.4 is 10.5 Å². The van der Waals surface area contributed by atoms with Crippen LogP contribution in [0.2, 0.25) is 0 Å².